The van der Waals surface area contributed by atoms with Crippen molar-refractivity contribution >= 4 is 17.3 Å². The fourth-order valence-corrected chi connectivity index (χ4v) is 2.08. The molecular formula is C13H15N3O. The van der Waals surface area contributed by atoms with E-state index in [9.17, 15) is 4.79 Å². The molecule has 4 heteroatoms. The van der Waals surface area contributed by atoms with E-state index in [0.717, 1.165) is 30.6 Å². The minimum absolute atomic E-state index is 0.156. The highest BCUT2D eigenvalue weighted by atomic mass is 16.2. The van der Waals surface area contributed by atoms with Gasteiger partial charge >= 0.3 is 0 Å². The lowest BCUT2D eigenvalue weighted by Gasteiger charge is -2.27. The summed E-state index contributed by atoms with van der Waals surface area (Å²) in [6.45, 7) is 0.759. The summed E-state index contributed by atoms with van der Waals surface area (Å²) >= 11 is 0. The van der Waals surface area contributed by atoms with Crippen molar-refractivity contribution in [3.63, 3.8) is 0 Å². The maximum absolute atomic E-state index is 11.8. The molecule has 0 aromatic heterocycles. The number of carbonyl (C=O) groups excluding carboxylic acids is 1. The van der Waals surface area contributed by atoms with E-state index in [2.05, 4.69) is 6.07 Å². The molecule has 0 spiro atoms. The summed E-state index contributed by atoms with van der Waals surface area (Å²) in [5.41, 5.74) is 8.05. The molecule has 0 radical (unpaired) electrons. The first-order chi connectivity index (χ1) is 8.22. The maximum atomic E-state index is 11.8. The van der Waals surface area contributed by atoms with E-state index in [-0.39, 0.29) is 12.3 Å². The summed E-state index contributed by atoms with van der Waals surface area (Å²) in [7, 11) is 0. The van der Waals surface area contributed by atoms with Crippen LogP contribution in [-0.2, 0) is 11.2 Å². The second-order valence-corrected chi connectivity index (χ2v) is 4.22. The SMILES string of the molecule is N#CCc1cc(N2CCCCC2=O)ccc1N. The lowest BCUT2D eigenvalue weighted by atomic mass is 10.1. The summed E-state index contributed by atoms with van der Waals surface area (Å²) in [6, 6.07) is 7.55. The minimum atomic E-state index is 0.156. The fourth-order valence-electron chi connectivity index (χ4n) is 2.08. The predicted molar refractivity (Wildman–Crippen MR) is 66.4 cm³/mol. The molecule has 0 aliphatic carbocycles. The standard InChI is InChI=1S/C13H15N3O/c14-7-6-10-9-11(4-5-12(10)15)16-8-2-1-3-13(16)17/h4-5,9H,1-3,6,8,15H2. The second kappa shape index (κ2) is 4.88. The van der Waals surface area contributed by atoms with Crippen LogP contribution in [0.25, 0.3) is 0 Å². The van der Waals surface area contributed by atoms with E-state index in [4.69, 9.17) is 11.0 Å². The molecule has 88 valence electrons. The van der Waals surface area contributed by atoms with Gasteiger partial charge in [0.25, 0.3) is 0 Å². The Bertz CT molecular complexity index is 476. The topological polar surface area (TPSA) is 70.1 Å². The average Bonchev–Trinajstić information content (AvgIpc) is 2.33. The number of benzene rings is 1. The Balaban J connectivity index is 2.29. The highest BCUT2D eigenvalue weighted by molar-refractivity contribution is 5.94. The average molecular weight is 229 g/mol. The van der Waals surface area contributed by atoms with E-state index in [1.807, 2.05) is 12.1 Å². The van der Waals surface area contributed by atoms with Crippen LogP contribution in [0, 0.1) is 11.3 Å². The Kier molecular flexibility index (Phi) is 3.29. The van der Waals surface area contributed by atoms with Gasteiger partial charge in [-0.05, 0) is 36.6 Å². The summed E-state index contributed by atoms with van der Waals surface area (Å²) in [5, 5.41) is 8.71. The van der Waals surface area contributed by atoms with Gasteiger partial charge in [-0.25, -0.2) is 0 Å². The van der Waals surface area contributed by atoms with Crippen LogP contribution in [0.15, 0.2) is 18.2 Å². The van der Waals surface area contributed by atoms with Gasteiger partial charge in [0.05, 0.1) is 12.5 Å². The quantitative estimate of drug-likeness (QED) is 0.787. The monoisotopic (exact) mass is 229 g/mol. The van der Waals surface area contributed by atoms with Crippen LogP contribution in [0.5, 0.6) is 0 Å². The van der Waals surface area contributed by atoms with E-state index >= 15 is 0 Å². The summed E-state index contributed by atoms with van der Waals surface area (Å²) < 4.78 is 0. The van der Waals surface area contributed by atoms with E-state index in [1.54, 1.807) is 11.0 Å². The molecule has 0 unspecified atom stereocenters. The van der Waals surface area contributed by atoms with Crippen LogP contribution < -0.4 is 10.6 Å². The van der Waals surface area contributed by atoms with Crippen LogP contribution in [0.3, 0.4) is 0 Å². The van der Waals surface area contributed by atoms with Gasteiger partial charge in [-0.15, -0.1) is 0 Å². The number of rotatable bonds is 2. The van der Waals surface area contributed by atoms with Gasteiger partial charge < -0.3 is 10.6 Å². The molecule has 1 aromatic carbocycles. The third kappa shape index (κ3) is 2.39. The zero-order valence-corrected chi connectivity index (χ0v) is 9.65. The van der Waals surface area contributed by atoms with Gasteiger partial charge in [-0.3, -0.25) is 4.79 Å². The second-order valence-electron chi connectivity index (χ2n) is 4.22. The molecule has 4 nitrogen and oxygen atoms in total. The zero-order valence-electron chi connectivity index (χ0n) is 9.65. The Morgan fingerprint density at radius 1 is 1.41 bits per heavy atom. The maximum Gasteiger partial charge on any atom is 0.226 e. The van der Waals surface area contributed by atoms with Gasteiger partial charge in [0.15, 0.2) is 0 Å². The van der Waals surface area contributed by atoms with Gasteiger partial charge in [-0.1, -0.05) is 0 Å². The van der Waals surface area contributed by atoms with Crippen LogP contribution >= 0.6 is 0 Å². The third-order valence-electron chi connectivity index (χ3n) is 3.03. The molecular weight excluding hydrogens is 214 g/mol. The number of carbonyl (C=O) groups is 1. The summed E-state index contributed by atoms with van der Waals surface area (Å²) in [4.78, 5) is 13.6. The molecule has 17 heavy (non-hydrogen) atoms. The number of nitrogens with zero attached hydrogens (tertiary/aromatic N) is 2. The minimum Gasteiger partial charge on any atom is -0.398 e. The first-order valence-corrected chi connectivity index (χ1v) is 5.78. The van der Waals surface area contributed by atoms with Crippen molar-refractivity contribution in [3.8, 4) is 6.07 Å². The lowest BCUT2D eigenvalue weighted by Crippen LogP contribution is -2.35. The smallest absolute Gasteiger partial charge is 0.226 e. The van der Waals surface area contributed by atoms with Crippen LogP contribution in [0.1, 0.15) is 24.8 Å². The Hall–Kier alpha value is -2.02. The summed E-state index contributed by atoms with van der Waals surface area (Å²) in [5.74, 6) is 0.156. The van der Waals surface area contributed by atoms with Crippen LogP contribution in [0.4, 0.5) is 11.4 Å². The molecule has 0 saturated carbocycles. The van der Waals surface area contributed by atoms with Gasteiger partial charge in [0.2, 0.25) is 5.91 Å². The third-order valence-corrected chi connectivity index (χ3v) is 3.03. The van der Waals surface area contributed by atoms with Crippen molar-refractivity contribution < 1.29 is 4.79 Å². The van der Waals surface area contributed by atoms with Gasteiger partial charge in [0, 0.05) is 24.3 Å². The molecule has 2 N–H and O–H groups in total. The van der Waals surface area contributed by atoms with Crippen molar-refractivity contribution in [3.05, 3.63) is 23.8 Å². The molecule has 1 saturated heterocycles. The first kappa shape index (κ1) is 11.5. The van der Waals surface area contributed by atoms with Crippen molar-refractivity contribution in [2.24, 2.45) is 0 Å². The number of hydrogen-bond acceptors (Lipinski definition) is 3. The van der Waals surface area contributed by atoms with Gasteiger partial charge in [-0.2, -0.15) is 5.26 Å². The van der Waals surface area contributed by atoms with E-state index in [0.29, 0.717) is 12.1 Å². The highest BCUT2D eigenvalue weighted by Gasteiger charge is 2.19. The molecule has 0 bridgehead atoms. The normalized spacial score (nSPS) is 15.7. The molecule has 1 heterocycles. The Morgan fingerprint density at radius 3 is 2.94 bits per heavy atom. The number of amides is 1. The van der Waals surface area contributed by atoms with Crippen LogP contribution in [0.2, 0.25) is 0 Å². The largest absolute Gasteiger partial charge is 0.398 e. The Morgan fingerprint density at radius 2 is 2.24 bits per heavy atom. The van der Waals surface area contributed by atoms with Crippen molar-refractivity contribution in [2.75, 3.05) is 17.2 Å². The molecule has 2 rings (SSSR count). The predicted octanol–water partition coefficient (Wildman–Crippen LogP) is 1.85. The van der Waals surface area contributed by atoms with Crippen molar-refractivity contribution in [1.29, 1.82) is 5.26 Å². The molecule has 1 amide bonds. The van der Waals surface area contributed by atoms with Gasteiger partial charge in [0.1, 0.15) is 0 Å². The van der Waals surface area contributed by atoms with Crippen molar-refractivity contribution in [2.45, 2.75) is 25.7 Å². The molecule has 0 atom stereocenters. The number of anilines is 2. The zero-order chi connectivity index (χ0) is 12.3. The van der Waals surface area contributed by atoms with E-state index in [1.165, 1.54) is 0 Å². The summed E-state index contributed by atoms with van der Waals surface area (Å²) in [6.07, 6.45) is 2.89. The van der Waals surface area contributed by atoms with Crippen molar-refractivity contribution in [1.82, 2.24) is 0 Å². The first-order valence-electron chi connectivity index (χ1n) is 5.78. The Labute approximate surface area is 101 Å². The molecule has 1 aromatic rings. The fraction of sp³-hybridized carbons (Fsp3) is 0.385. The number of hydrogen-bond donors (Lipinski definition) is 1. The van der Waals surface area contributed by atoms with E-state index < -0.39 is 0 Å². The van der Waals surface area contributed by atoms with Crippen LogP contribution in [-0.4, -0.2) is 12.5 Å². The molecule has 1 fully saturated rings. The molecule has 1 aliphatic rings. The number of nitriles is 1. The number of piperidine rings is 1. The number of nitrogens with two attached hydrogens (primary N) is 1. The highest BCUT2D eigenvalue weighted by Crippen LogP contribution is 2.25. The molecule has 1 aliphatic heterocycles. The lowest BCUT2D eigenvalue weighted by molar-refractivity contribution is -0.119. The number of nitrogen functional groups attached to an aromatic ring is 1.